The zero-order chi connectivity index (χ0) is 11.5. The highest BCUT2D eigenvalue weighted by Crippen LogP contribution is 2.30. The molecule has 1 saturated heterocycles. The zero-order valence-electron chi connectivity index (χ0n) is 11.3. The molecule has 0 aromatic carbocycles. The molecular weight excluding hydrogens is 182 g/mol. The third-order valence-corrected chi connectivity index (χ3v) is 3.59. The summed E-state index contributed by atoms with van der Waals surface area (Å²) in [5.41, 5.74) is 0.418. The van der Waals surface area contributed by atoms with Gasteiger partial charge in [-0.1, -0.05) is 27.7 Å². The smallest absolute Gasteiger partial charge is 0.0156 e. The van der Waals surface area contributed by atoms with Crippen molar-refractivity contribution < 1.29 is 0 Å². The first kappa shape index (κ1) is 13.0. The molecule has 0 aromatic heterocycles. The Labute approximate surface area is 96.0 Å². The summed E-state index contributed by atoms with van der Waals surface area (Å²) in [6, 6.07) is 0. The predicted molar refractivity (Wildman–Crippen MR) is 68.0 cm³/mol. The van der Waals surface area contributed by atoms with Crippen molar-refractivity contribution >= 4 is 0 Å². The first-order valence-corrected chi connectivity index (χ1v) is 6.66. The second-order valence-corrected chi connectivity index (χ2v) is 6.57. The van der Waals surface area contributed by atoms with Crippen LogP contribution < -0.4 is 5.32 Å². The molecule has 1 rings (SSSR count). The summed E-state index contributed by atoms with van der Waals surface area (Å²) in [6.07, 6.45) is 5.50. The second kappa shape index (κ2) is 5.34. The van der Waals surface area contributed by atoms with E-state index in [4.69, 9.17) is 0 Å². The highest BCUT2D eigenvalue weighted by Gasteiger charge is 2.30. The van der Waals surface area contributed by atoms with E-state index in [2.05, 4.69) is 39.9 Å². The molecule has 0 bridgehead atoms. The Balaban J connectivity index is 2.34. The second-order valence-electron chi connectivity index (χ2n) is 6.57. The van der Waals surface area contributed by atoms with E-state index in [1.54, 1.807) is 0 Å². The van der Waals surface area contributed by atoms with E-state index < -0.39 is 0 Å². The van der Waals surface area contributed by atoms with Gasteiger partial charge in [0.05, 0.1) is 0 Å². The largest absolute Gasteiger partial charge is 0.311 e. The van der Waals surface area contributed by atoms with Crippen molar-refractivity contribution in [1.82, 2.24) is 5.32 Å². The molecule has 1 fully saturated rings. The lowest BCUT2D eigenvalue weighted by atomic mass is 9.78. The van der Waals surface area contributed by atoms with Gasteiger partial charge in [-0.3, -0.25) is 0 Å². The highest BCUT2D eigenvalue weighted by molar-refractivity contribution is 4.90. The van der Waals surface area contributed by atoms with Crippen molar-refractivity contribution in [2.24, 2.45) is 17.8 Å². The van der Waals surface area contributed by atoms with Crippen LogP contribution in [-0.2, 0) is 0 Å². The van der Waals surface area contributed by atoms with Crippen molar-refractivity contribution in [3.05, 3.63) is 0 Å². The molecule has 1 heterocycles. The molecule has 0 spiro atoms. The number of hydrogen-bond donors (Lipinski definition) is 1. The lowest BCUT2D eigenvalue weighted by molar-refractivity contribution is 0.179. The van der Waals surface area contributed by atoms with Gasteiger partial charge in [-0.05, 0) is 56.9 Å². The molecular formula is C14H29N. The van der Waals surface area contributed by atoms with E-state index >= 15 is 0 Å². The Bertz CT molecular complexity index is 176. The molecule has 1 aliphatic heterocycles. The van der Waals surface area contributed by atoms with Crippen molar-refractivity contribution in [2.75, 3.05) is 6.54 Å². The maximum Gasteiger partial charge on any atom is 0.0156 e. The topological polar surface area (TPSA) is 12.0 Å². The van der Waals surface area contributed by atoms with Crippen molar-refractivity contribution in [3.8, 4) is 0 Å². The number of rotatable bonds is 4. The Morgan fingerprint density at radius 1 is 1.20 bits per heavy atom. The number of piperidine rings is 1. The number of hydrogen-bond acceptors (Lipinski definition) is 1. The molecule has 90 valence electrons. The molecule has 0 aliphatic carbocycles. The van der Waals surface area contributed by atoms with Crippen LogP contribution in [0, 0.1) is 17.8 Å². The fourth-order valence-corrected chi connectivity index (χ4v) is 3.05. The van der Waals surface area contributed by atoms with Gasteiger partial charge in [-0.2, -0.15) is 0 Å². The minimum absolute atomic E-state index is 0.418. The van der Waals surface area contributed by atoms with Gasteiger partial charge < -0.3 is 5.32 Å². The lowest BCUT2D eigenvalue weighted by Gasteiger charge is -2.40. The Morgan fingerprint density at radius 3 is 2.27 bits per heavy atom. The summed E-state index contributed by atoms with van der Waals surface area (Å²) in [6.45, 7) is 13.0. The van der Waals surface area contributed by atoms with Crippen molar-refractivity contribution in [1.29, 1.82) is 0 Å². The van der Waals surface area contributed by atoms with Gasteiger partial charge in [-0.15, -0.1) is 0 Å². The average molecular weight is 211 g/mol. The van der Waals surface area contributed by atoms with Gasteiger partial charge in [0, 0.05) is 5.54 Å². The molecule has 0 saturated carbocycles. The minimum atomic E-state index is 0.418. The molecule has 0 radical (unpaired) electrons. The summed E-state index contributed by atoms with van der Waals surface area (Å²) >= 11 is 0. The third kappa shape index (κ3) is 4.55. The number of nitrogens with one attached hydrogen (secondary N) is 1. The zero-order valence-corrected chi connectivity index (χ0v) is 11.3. The summed E-state index contributed by atoms with van der Waals surface area (Å²) < 4.78 is 0. The molecule has 0 aromatic rings. The fourth-order valence-electron chi connectivity index (χ4n) is 3.05. The fraction of sp³-hybridized carbons (Fsp3) is 1.00. The van der Waals surface area contributed by atoms with E-state index in [1.807, 2.05) is 0 Å². The molecule has 15 heavy (non-hydrogen) atoms. The van der Waals surface area contributed by atoms with Gasteiger partial charge >= 0.3 is 0 Å². The summed E-state index contributed by atoms with van der Waals surface area (Å²) in [7, 11) is 0. The molecule has 2 unspecified atom stereocenters. The van der Waals surface area contributed by atoms with Gasteiger partial charge in [-0.25, -0.2) is 0 Å². The lowest BCUT2D eigenvalue weighted by Crippen LogP contribution is -2.49. The van der Waals surface area contributed by atoms with Gasteiger partial charge in [0.1, 0.15) is 0 Å². The minimum Gasteiger partial charge on any atom is -0.311 e. The van der Waals surface area contributed by atoms with Crippen LogP contribution in [0.5, 0.6) is 0 Å². The van der Waals surface area contributed by atoms with E-state index in [9.17, 15) is 0 Å². The van der Waals surface area contributed by atoms with Crippen LogP contribution in [0.1, 0.15) is 60.3 Å². The van der Waals surface area contributed by atoms with Crippen LogP contribution in [0.3, 0.4) is 0 Å². The van der Waals surface area contributed by atoms with Crippen molar-refractivity contribution in [2.45, 2.75) is 65.8 Å². The third-order valence-electron chi connectivity index (χ3n) is 3.59. The van der Waals surface area contributed by atoms with Crippen LogP contribution in [0.4, 0.5) is 0 Å². The van der Waals surface area contributed by atoms with Crippen molar-refractivity contribution in [3.63, 3.8) is 0 Å². The van der Waals surface area contributed by atoms with Gasteiger partial charge in [0.15, 0.2) is 0 Å². The molecule has 0 amide bonds. The standard InChI is InChI=1S/C14H29N/c1-11(2)8-13-6-7-14(5,15-10-13)9-12(3)4/h11-13,15H,6-10H2,1-5H3. The maximum absolute atomic E-state index is 3.78. The maximum atomic E-state index is 3.78. The Hall–Kier alpha value is -0.0400. The molecule has 2 atom stereocenters. The Morgan fingerprint density at radius 2 is 1.87 bits per heavy atom. The van der Waals surface area contributed by atoms with Gasteiger partial charge in [0.2, 0.25) is 0 Å². The van der Waals surface area contributed by atoms with E-state index in [0.29, 0.717) is 5.54 Å². The SMILES string of the molecule is CC(C)CC1CCC(C)(CC(C)C)NC1. The first-order valence-electron chi connectivity index (χ1n) is 6.66. The predicted octanol–water partition coefficient (Wildman–Crippen LogP) is 3.84. The monoisotopic (exact) mass is 211 g/mol. The normalized spacial score (nSPS) is 32.6. The molecule has 1 aliphatic rings. The summed E-state index contributed by atoms with van der Waals surface area (Å²) in [5.74, 6) is 2.58. The molecule has 1 N–H and O–H groups in total. The van der Waals surface area contributed by atoms with Crippen LogP contribution in [0.25, 0.3) is 0 Å². The average Bonchev–Trinajstić information content (AvgIpc) is 2.07. The summed E-state index contributed by atoms with van der Waals surface area (Å²) in [4.78, 5) is 0. The van der Waals surface area contributed by atoms with Crippen LogP contribution in [0.15, 0.2) is 0 Å². The first-order chi connectivity index (χ1) is 6.91. The van der Waals surface area contributed by atoms with Crippen LogP contribution in [0.2, 0.25) is 0 Å². The van der Waals surface area contributed by atoms with E-state index in [-0.39, 0.29) is 0 Å². The van der Waals surface area contributed by atoms with Crippen LogP contribution >= 0.6 is 0 Å². The van der Waals surface area contributed by atoms with E-state index in [1.165, 1.54) is 32.2 Å². The summed E-state index contributed by atoms with van der Waals surface area (Å²) in [5, 5.41) is 3.78. The quantitative estimate of drug-likeness (QED) is 0.745. The molecule has 1 heteroatoms. The van der Waals surface area contributed by atoms with E-state index in [0.717, 1.165) is 17.8 Å². The highest BCUT2D eigenvalue weighted by atomic mass is 15.0. The van der Waals surface area contributed by atoms with Crippen LogP contribution in [-0.4, -0.2) is 12.1 Å². The Kier molecular flexibility index (Phi) is 4.64. The van der Waals surface area contributed by atoms with Gasteiger partial charge in [0.25, 0.3) is 0 Å². The molecule has 1 nitrogen and oxygen atoms in total.